The first kappa shape index (κ1) is 11.0. The van der Waals surface area contributed by atoms with Gasteiger partial charge in [-0.1, -0.05) is 12.8 Å². The predicted octanol–water partition coefficient (Wildman–Crippen LogP) is 0.842. The van der Waals surface area contributed by atoms with Crippen LogP contribution in [-0.2, 0) is 14.4 Å². The Hall–Kier alpha value is -1.10. The average Bonchev–Trinajstić information content (AvgIpc) is 2.63. The van der Waals surface area contributed by atoms with Crippen molar-refractivity contribution >= 4 is 11.9 Å². The number of hydrogen-bond acceptors (Lipinski definition) is 3. The molecule has 1 amide bonds. The number of carbonyl (C=O) groups excluding carboxylic acids is 1. The highest BCUT2D eigenvalue weighted by Crippen LogP contribution is 2.19. The van der Waals surface area contributed by atoms with Crippen LogP contribution >= 0.6 is 0 Å². The summed E-state index contributed by atoms with van der Waals surface area (Å²) < 4.78 is 0. The summed E-state index contributed by atoms with van der Waals surface area (Å²) in [5.41, 5.74) is 2.28. The molecule has 0 heterocycles. The largest absolute Gasteiger partial charge is 0.481 e. The molecule has 1 aliphatic carbocycles. The molecule has 2 N–H and O–H groups in total. The maximum Gasteiger partial charge on any atom is 0.303 e. The summed E-state index contributed by atoms with van der Waals surface area (Å²) in [7, 11) is 0. The van der Waals surface area contributed by atoms with Crippen molar-refractivity contribution in [3.05, 3.63) is 0 Å². The SMILES string of the molecule is O=C(O)CCC(=O)NOC1CCCC1. The first-order chi connectivity index (χ1) is 6.68. The van der Waals surface area contributed by atoms with Crippen LogP contribution in [0.5, 0.6) is 0 Å². The molecular weight excluding hydrogens is 186 g/mol. The minimum Gasteiger partial charge on any atom is -0.481 e. The van der Waals surface area contributed by atoms with Gasteiger partial charge in [0.25, 0.3) is 0 Å². The van der Waals surface area contributed by atoms with Crippen LogP contribution < -0.4 is 5.48 Å². The Morgan fingerprint density at radius 3 is 2.50 bits per heavy atom. The number of carboxylic acids is 1. The molecule has 5 heteroatoms. The van der Waals surface area contributed by atoms with E-state index < -0.39 is 5.97 Å². The fraction of sp³-hybridized carbons (Fsp3) is 0.778. The summed E-state index contributed by atoms with van der Waals surface area (Å²) >= 11 is 0. The van der Waals surface area contributed by atoms with Gasteiger partial charge < -0.3 is 5.11 Å². The first-order valence-corrected chi connectivity index (χ1v) is 4.85. The fourth-order valence-corrected chi connectivity index (χ4v) is 1.43. The van der Waals surface area contributed by atoms with Gasteiger partial charge in [0.1, 0.15) is 0 Å². The van der Waals surface area contributed by atoms with Crippen LogP contribution in [0.25, 0.3) is 0 Å². The Labute approximate surface area is 82.4 Å². The lowest BCUT2D eigenvalue weighted by atomic mass is 10.3. The Kier molecular flexibility index (Phi) is 4.39. The summed E-state index contributed by atoms with van der Waals surface area (Å²) in [6.07, 6.45) is 4.15. The van der Waals surface area contributed by atoms with Crippen molar-refractivity contribution in [2.75, 3.05) is 0 Å². The van der Waals surface area contributed by atoms with E-state index in [1.165, 1.54) is 0 Å². The number of hydroxylamine groups is 1. The van der Waals surface area contributed by atoms with Crippen LogP contribution in [0.1, 0.15) is 38.5 Å². The molecule has 1 rings (SSSR count). The zero-order valence-corrected chi connectivity index (χ0v) is 7.99. The third kappa shape index (κ3) is 4.23. The lowest BCUT2D eigenvalue weighted by Crippen LogP contribution is -2.28. The van der Waals surface area contributed by atoms with Crippen LogP contribution in [0.2, 0.25) is 0 Å². The van der Waals surface area contributed by atoms with Crippen molar-refractivity contribution in [2.24, 2.45) is 0 Å². The van der Waals surface area contributed by atoms with Crippen molar-refractivity contribution < 1.29 is 19.5 Å². The molecule has 0 unspecified atom stereocenters. The molecule has 0 aromatic carbocycles. The van der Waals surface area contributed by atoms with E-state index in [1.807, 2.05) is 0 Å². The maximum atomic E-state index is 11.0. The van der Waals surface area contributed by atoms with E-state index in [1.54, 1.807) is 0 Å². The smallest absolute Gasteiger partial charge is 0.303 e. The highest BCUT2D eigenvalue weighted by molar-refractivity contribution is 5.79. The number of aliphatic carboxylic acids is 1. The molecule has 0 aromatic rings. The van der Waals surface area contributed by atoms with E-state index in [9.17, 15) is 9.59 Å². The molecular formula is C9H15NO4. The van der Waals surface area contributed by atoms with E-state index in [-0.39, 0.29) is 24.9 Å². The number of amides is 1. The van der Waals surface area contributed by atoms with Gasteiger partial charge in [0.05, 0.1) is 12.5 Å². The van der Waals surface area contributed by atoms with Gasteiger partial charge in [-0.2, -0.15) is 0 Å². The summed E-state index contributed by atoms with van der Waals surface area (Å²) in [5.74, 6) is -1.33. The topological polar surface area (TPSA) is 75.6 Å². The van der Waals surface area contributed by atoms with Gasteiger partial charge in [0.15, 0.2) is 0 Å². The van der Waals surface area contributed by atoms with Gasteiger partial charge in [0.2, 0.25) is 5.91 Å². The second kappa shape index (κ2) is 5.59. The average molecular weight is 201 g/mol. The summed E-state index contributed by atoms with van der Waals surface area (Å²) in [6, 6.07) is 0. The zero-order chi connectivity index (χ0) is 10.4. The summed E-state index contributed by atoms with van der Waals surface area (Å²) in [5, 5.41) is 8.32. The second-order valence-electron chi connectivity index (χ2n) is 3.44. The Morgan fingerprint density at radius 1 is 1.29 bits per heavy atom. The van der Waals surface area contributed by atoms with Gasteiger partial charge in [-0.3, -0.25) is 14.4 Å². The number of carboxylic acid groups (broad SMARTS) is 1. The molecule has 0 radical (unpaired) electrons. The first-order valence-electron chi connectivity index (χ1n) is 4.85. The third-order valence-electron chi connectivity index (χ3n) is 2.21. The van der Waals surface area contributed by atoms with Crippen molar-refractivity contribution in [1.29, 1.82) is 0 Å². The molecule has 0 spiro atoms. The van der Waals surface area contributed by atoms with Gasteiger partial charge in [-0.05, 0) is 12.8 Å². The van der Waals surface area contributed by atoms with E-state index in [2.05, 4.69) is 5.48 Å². The van der Waals surface area contributed by atoms with Gasteiger partial charge >= 0.3 is 5.97 Å². The molecule has 5 nitrogen and oxygen atoms in total. The Balaban J connectivity index is 2.05. The highest BCUT2D eigenvalue weighted by atomic mass is 16.7. The van der Waals surface area contributed by atoms with Crippen LogP contribution in [0.3, 0.4) is 0 Å². The van der Waals surface area contributed by atoms with Crippen LogP contribution in [0, 0.1) is 0 Å². The molecule has 1 fully saturated rings. The zero-order valence-electron chi connectivity index (χ0n) is 7.99. The molecule has 1 aliphatic rings. The minimum atomic E-state index is -0.971. The quantitative estimate of drug-likeness (QED) is 0.646. The Bertz CT molecular complexity index is 211. The second-order valence-corrected chi connectivity index (χ2v) is 3.44. The standard InChI is InChI=1S/C9H15NO4/c11-8(5-6-9(12)13)10-14-7-3-1-2-4-7/h7H,1-6H2,(H,10,11)(H,12,13). The van der Waals surface area contributed by atoms with Crippen LogP contribution in [0.4, 0.5) is 0 Å². The minimum absolute atomic E-state index is 0.0257. The Morgan fingerprint density at radius 2 is 1.93 bits per heavy atom. The number of carbonyl (C=O) groups is 2. The monoisotopic (exact) mass is 201 g/mol. The molecule has 0 saturated heterocycles. The highest BCUT2D eigenvalue weighted by Gasteiger charge is 2.16. The molecule has 0 atom stereocenters. The van der Waals surface area contributed by atoms with E-state index in [0.29, 0.717) is 0 Å². The molecule has 0 bridgehead atoms. The van der Waals surface area contributed by atoms with E-state index in [0.717, 1.165) is 25.7 Å². The van der Waals surface area contributed by atoms with Crippen molar-refractivity contribution in [3.63, 3.8) is 0 Å². The van der Waals surface area contributed by atoms with Crippen LogP contribution in [-0.4, -0.2) is 23.1 Å². The summed E-state index contributed by atoms with van der Waals surface area (Å²) in [4.78, 5) is 26.3. The van der Waals surface area contributed by atoms with Gasteiger partial charge in [-0.15, -0.1) is 0 Å². The number of rotatable bonds is 5. The lowest BCUT2D eigenvalue weighted by molar-refractivity contribution is -0.143. The normalized spacial score (nSPS) is 16.9. The fourth-order valence-electron chi connectivity index (χ4n) is 1.43. The number of hydrogen-bond donors (Lipinski definition) is 2. The van der Waals surface area contributed by atoms with E-state index >= 15 is 0 Å². The molecule has 0 aliphatic heterocycles. The van der Waals surface area contributed by atoms with E-state index in [4.69, 9.17) is 9.94 Å². The van der Waals surface area contributed by atoms with Crippen LogP contribution in [0.15, 0.2) is 0 Å². The van der Waals surface area contributed by atoms with Crippen molar-refractivity contribution in [3.8, 4) is 0 Å². The van der Waals surface area contributed by atoms with Crippen molar-refractivity contribution in [1.82, 2.24) is 5.48 Å². The lowest BCUT2D eigenvalue weighted by Gasteiger charge is -2.10. The number of nitrogens with one attached hydrogen (secondary N) is 1. The molecule has 14 heavy (non-hydrogen) atoms. The summed E-state index contributed by atoms with van der Waals surface area (Å²) in [6.45, 7) is 0. The molecule has 1 saturated carbocycles. The van der Waals surface area contributed by atoms with Gasteiger partial charge in [0, 0.05) is 6.42 Å². The predicted molar refractivity (Wildman–Crippen MR) is 48.4 cm³/mol. The maximum absolute atomic E-state index is 11.0. The molecule has 80 valence electrons. The van der Waals surface area contributed by atoms with Crippen molar-refractivity contribution in [2.45, 2.75) is 44.6 Å². The third-order valence-corrected chi connectivity index (χ3v) is 2.21. The molecule has 0 aromatic heterocycles. The van der Waals surface area contributed by atoms with Gasteiger partial charge in [-0.25, -0.2) is 5.48 Å².